The molecular formula is C19H21NO3. The van der Waals surface area contributed by atoms with Crippen LogP contribution in [0.5, 0.6) is 11.5 Å². The largest absolute Gasteiger partial charge is 0.496 e. The van der Waals surface area contributed by atoms with Crippen molar-refractivity contribution >= 4 is 5.91 Å². The van der Waals surface area contributed by atoms with Crippen LogP contribution in [0.4, 0.5) is 0 Å². The van der Waals surface area contributed by atoms with Crippen LogP contribution in [-0.2, 0) is 13.0 Å². The van der Waals surface area contributed by atoms with Gasteiger partial charge in [0, 0.05) is 13.1 Å². The monoisotopic (exact) mass is 311 g/mol. The van der Waals surface area contributed by atoms with E-state index in [9.17, 15) is 4.79 Å². The second-order valence-electron chi connectivity index (χ2n) is 5.77. The van der Waals surface area contributed by atoms with Crippen molar-refractivity contribution in [3.8, 4) is 11.5 Å². The van der Waals surface area contributed by atoms with Gasteiger partial charge in [-0.3, -0.25) is 4.79 Å². The number of carbonyl (C=O) groups excluding carboxylic acids is 1. The average molecular weight is 311 g/mol. The number of carbonyl (C=O) groups is 1. The van der Waals surface area contributed by atoms with Gasteiger partial charge in [0.15, 0.2) is 0 Å². The average Bonchev–Trinajstić information content (AvgIpc) is 2.60. The lowest BCUT2D eigenvalue weighted by Crippen LogP contribution is -2.36. The van der Waals surface area contributed by atoms with Crippen molar-refractivity contribution in [3.05, 3.63) is 58.7 Å². The first-order valence-corrected chi connectivity index (χ1v) is 7.72. The SMILES string of the molecule is COc1cc(C(=O)N2CCc3ccccc3C2)c(OC)cc1C. The van der Waals surface area contributed by atoms with Gasteiger partial charge < -0.3 is 14.4 Å². The van der Waals surface area contributed by atoms with Crippen molar-refractivity contribution in [3.63, 3.8) is 0 Å². The van der Waals surface area contributed by atoms with Crippen LogP contribution in [0.2, 0.25) is 0 Å². The fraction of sp³-hybridized carbons (Fsp3) is 0.316. The number of rotatable bonds is 3. The molecule has 1 amide bonds. The van der Waals surface area contributed by atoms with Crippen LogP contribution in [0.15, 0.2) is 36.4 Å². The number of aryl methyl sites for hydroxylation is 1. The Bertz CT molecular complexity index is 739. The minimum Gasteiger partial charge on any atom is -0.496 e. The highest BCUT2D eigenvalue weighted by Crippen LogP contribution is 2.30. The third-order valence-corrected chi connectivity index (χ3v) is 4.37. The van der Waals surface area contributed by atoms with Crippen LogP contribution >= 0.6 is 0 Å². The van der Waals surface area contributed by atoms with E-state index in [4.69, 9.17) is 9.47 Å². The standard InChI is InChI=1S/C19H21NO3/c1-13-10-18(23-3)16(11-17(13)22-2)19(21)20-9-8-14-6-4-5-7-15(14)12-20/h4-7,10-11H,8-9,12H2,1-3H3. The zero-order chi connectivity index (χ0) is 16.4. The lowest BCUT2D eigenvalue weighted by Gasteiger charge is -2.29. The summed E-state index contributed by atoms with van der Waals surface area (Å²) in [6.07, 6.45) is 0.882. The van der Waals surface area contributed by atoms with Crippen molar-refractivity contribution in [1.82, 2.24) is 4.90 Å². The van der Waals surface area contributed by atoms with Gasteiger partial charge in [-0.05, 0) is 42.2 Å². The third-order valence-electron chi connectivity index (χ3n) is 4.37. The lowest BCUT2D eigenvalue weighted by atomic mass is 9.99. The number of hydrogen-bond donors (Lipinski definition) is 0. The van der Waals surface area contributed by atoms with E-state index in [0.29, 0.717) is 23.6 Å². The molecule has 1 aliphatic heterocycles. The molecule has 4 nitrogen and oxygen atoms in total. The first-order valence-electron chi connectivity index (χ1n) is 7.72. The number of methoxy groups -OCH3 is 2. The molecule has 0 atom stereocenters. The number of fused-ring (bicyclic) bond motifs is 1. The Labute approximate surface area is 136 Å². The maximum atomic E-state index is 13.0. The molecule has 0 unspecified atom stereocenters. The predicted octanol–water partition coefficient (Wildman–Crippen LogP) is 3.21. The van der Waals surface area contributed by atoms with Crippen LogP contribution in [0.25, 0.3) is 0 Å². The summed E-state index contributed by atoms with van der Waals surface area (Å²) >= 11 is 0. The van der Waals surface area contributed by atoms with Gasteiger partial charge in [-0.25, -0.2) is 0 Å². The Hall–Kier alpha value is -2.49. The molecule has 0 saturated heterocycles. The molecule has 0 N–H and O–H groups in total. The van der Waals surface area contributed by atoms with Crippen molar-refractivity contribution in [2.24, 2.45) is 0 Å². The molecule has 0 fully saturated rings. The van der Waals surface area contributed by atoms with Crippen molar-refractivity contribution in [2.75, 3.05) is 20.8 Å². The van der Waals surface area contributed by atoms with Gasteiger partial charge in [0.2, 0.25) is 0 Å². The summed E-state index contributed by atoms with van der Waals surface area (Å²) in [5, 5.41) is 0. The summed E-state index contributed by atoms with van der Waals surface area (Å²) in [5.41, 5.74) is 4.04. The number of nitrogens with zero attached hydrogens (tertiary/aromatic N) is 1. The fourth-order valence-corrected chi connectivity index (χ4v) is 3.06. The van der Waals surface area contributed by atoms with Crippen LogP contribution < -0.4 is 9.47 Å². The summed E-state index contributed by atoms with van der Waals surface area (Å²) in [7, 11) is 3.20. The highest BCUT2D eigenvalue weighted by molar-refractivity contribution is 5.97. The van der Waals surface area contributed by atoms with Gasteiger partial charge in [0.1, 0.15) is 11.5 Å². The van der Waals surface area contributed by atoms with Crippen molar-refractivity contribution in [2.45, 2.75) is 19.9 Å². The topological polar surface area (TPSA) is 38.8 Å². The van der Waals surface area contributed by atoms with Crippen LogP contribution in [0.1, 0.15) is 27.0 Å². The predicted molar refractivity (Wildman–Crippen MR) is 89.2 cm³/mol. The summed E-state index contributed by atoms with van der Waals surface area (Å²) in [6, 6.07) is 11.9. The molecule has 0 bridgehead atoms. The zero-order valence-corrected chi connectivity index (χ0v) is 13.8. The quantitative estimate of drug-likeness (QED) is 0.873. The molecule has 3 rings (SSSR count). The van der Waals surface area contributed by atoms with Crippen LogP contribution in [0, 0.1) is 6.92 Å². The normalized spacial score (nSPS) is 13.4. The summed E-state index contributed by atoms with van der Waals surface area (Å²) < 4.78 is 10.8. The number of amides is 1. The number of hydrogen-bond acceptors (Lipinski definition) is 3. The highest BCUT2D eigenvalue weighted by Gasteiger charge is 2.24. The zero-order valence-electron chi connectivity index (χ0n) is 13.8. The number of benzene rings is 2. The van der Waals surface area contributed by atoms with E-state index in [2.05, 4.69) is 12.1 Å². The minimum absolute atomic E-state index is 0.0188. The third kappa shape index (κ3) is 2.89. The van der Waals surface area contributed by atoms with Crippen LogP contribution in [0.3, 0.4) is 0 Å². The summed E-state index contributed by atoms with van der Waals surface area (Å²) in [4.78, 5) is 14.8. The molecule has 0 aromatic heterocycles. The van der Waals surface area contributed by atoms with Crippen molar-refractivity contribution in [1.29, 1.82) is 0 Å². The van der Waals surface area contributed by atoms with E-state index in [0.717, 1.165) is 18.5 Å². The van der Waals surface area contributed by atoms with Gasteiger partial charge in [0.25, 0.3) is 5.91 Å². The minimum atomic E-state index is -0.0188. The van der Waals surface area contributed by atoms with Gasteiger partial charge in [-0.1, -0.05) is 24.3 Å². The van der Waals surface area contributed by atoms with E-state index in [1.807, 2.05) is 30.0 Å². The Morgan fingerprint density at radius 2 is 1.74 bits per heavy atom. The Kier molecular flexibility index (Phi) is 4.24. The van der Waals surface area contributed by atoms with E-state index in [1.165, 1.54) is 11.1 Å². The molecule has 0 spiro atoms. The van der Waals surface area contributed by atoms with Gasteiger partial charge in [-0.15, -0.1) is 0 Å². The molecule has 120 valence electrons. The lowest BCUT2D eigenvalue weighted by molar-refractivity contribution is 0.0731. The molecular weight excluding hydrogens is 290 g/mol. The molecule has 23 heavy (non-hydrogen) atoms. The molecule has 4 heteroatoms. The van der Waals surface area contributed by atoms with E-state index < -0.39 is 0 Å². The first-order chi connectivity index (χ1) is 11.1. The molecule has 1 heterocycles. The molecule has 0 saturated carbocycles. The van der Waals surface area contributed by atoms with E-state index in [1.54, 1.807) is 20.3 Å². The second-order valence-corrected chi connectivity index (χ2v) is 5.77. The van der Waals surface area contributed by atoms with E-state index in [-0.39, 0.29) is 5.91 Å². The van der Waals surface area contributed by atoms with Gasteiger partial charge in [0.05, 0.1) is 19.8 Å². The highest BCUT2D eigenvalue weighted by atomic mass is 16.5. The van der Waals surface area contributed by atoms with Gasteiger partial charge in [-0.2, -0.15) is 0 Å². The smallest absolute Gasteiger partial charge is 0.258 e. The molecule has 1 aliphatic rings. The molecule has 0 aliphatic carbocycles. The maximum absolute atomic E-state index is 13.0. The van der Waals surface area contributed by atoms with Crippen LogP contribution in [-0.4, -0.2) is 31.6 Å². The van der Waals surface area contributed by atoms with E-state index >= 15 is 0 Å². The number of ether oxygens (including phenoxy) is 2. The molecule has 0 radical (unpaired) electrons. The fourth-order valence-electron chi connectivity index (χ4n) is 3.06. The summed E-state index contributed by atoms with van der Waals surface area (Å²) in [6.45, 7) is 3.29. The Morgan fingerprint density at radius 3 is 2.43 bits per heavy atom. The Morgan fingerprint density at radius 1 is 1.04 bits per heavy atom. The van der Waals surface area contributed by atoms with Crippen molar-refractivity contribution < 1.29 is 14.3 Å². The van der Waals surface area contributed by atoms with Gasteiger partial charge >= 0.3 is 0 Å². The maximum Gasteiger partial charge on any atom is 0.258 e. The molecule has 2 aromatic rings. The first kappa shape index (κ1) is 15.4. The second kappa shape index (κ2) is 6.32. The molecule has 2 aromatic carbocycles. The summed E-state index contributed by atoms with van der Waals surface area (Å²) in [5.74, 6) is 1.27. The Balaban J connectivity index is 1.92.